The molecule has 2 aromatic heterocycles. The molecule has 0 bridgehead atoms. The van der Waals surface area contributed by atoms with E-state index in [-0.39, 0.29) is 18.2 Å². The van der Waals surface area contributed by atoms with Gasteiger partial charge in [0, 0.05) is 23.5 Å². The predicted molar refractivity (Wildman–Crippen MR) is 160 cm³/mol. The molecular weight excluding hydrogens is 546 g/mol. The van der Waals surface area contributed by atoms with Crippen LogP contribution in [0.2, 0.25) is 5.02 Å². The molecule has 0 saturated heterocycles. The average molecular weight is 576 g/mol. The second-order valence-electron chi connectivity index (χ2n) is 11.1. The number of aliphatic hydroxyl groups excluding tert-OH is 1. The first-order valence-electron chi connectivity index (χ1n) is 13.0. The summed E-state index contributed by atoms with van der Waals surface area (Å²) in [7, 11) is 0. The third-order valence-corrected chi connectivity index (χ3v) is 8.26. The van der Waals surface area contributed by atoms with Gasteiger partial charge in [-0.25, -0.2) is 4.98 Å². The molecule has 5 N–H and O–H groups in total. The van der Waals surface area contributed by atoms with Crippen LogP contribution in [0.4, 0.5) is 11.4 Å². The summed E-state index contributed by atoms with van der Waals surface area (Å²) in [5.41, 5.74) is 16.2. The maximum atomic E-state index is 9.99. The van der Waals surface area contributed by atoms with Crippen molar-refractivity contribution in [3.63, 3.8) is 0 Å². The van der Waals surface area contributed by atoms with Crippen LogP contribution in [-0.4, -0.2) is 37.8 Å². The Labute approximate surface area is 241 Å². The quantitative estimate of drug-likeness (QED) is 0.138. The fourth-order valence-corrected chi connectivity index (χ4v) is 5.84. The highest BCUT2D eigenvalue weighted by Gasteiger charge is 2.49. The number of hydrogen-bond acceptors (Lipinski definition) is 10. The number of thiazole rings is 1. The van der Waals surface area contributed by atoms with E-state index in [1.54, 1.807) is 17.5 Å². The highest BCUT2D eigenvalue weighted by molar-refractivity contribution is 7.17. The fraction of sp³-hybridized carbons (Fsp3) is 0.310. The number of halogens is 1. The van der Waals surface area contributed by atoms with E-state index < -0.39 is 5.60 Å². The van der Waals surface area contributed by atoms with Crippen LogP contribution in [-0.2, 0) is 4.84 Å². The zero-order valence-electron chi connectivity index (χ0n) is 22.4. The summed E-state index contributed by atoms with van der Waals surface area (Å²) in [6, 6.07) is 9.64. The van der Waals surface area contributed by atoms with E-state index in [9.17, 15) is 5.11 Å². The van der Waals surface area contributed by atoms with E-state index >= 15 is 0 Å². The summed E-state index contributed by atoms with van der Waals surface area (Å²) in [5, 5.41) is 16.8. The molecule has 2 aromatic carbocycles. The Morgan fingerprint density at radius 2 is 2.12 bits per heavy atom. The molecule has 1 fully saturated rings. The smallest absolute Gasteiger partial charge is 0.0958 e. The highest BCUT2D eigenvalue weighted by atomic mass is 35.5. The molecule has 0 amide bonds. The lowest BCUT2D eigenvalue weighted by molar-refractivity contribution is 0.0377. The van der Waals surface area contributed by atoms with Gasteiger partial charge in [0.05, 0.1) is 67.0 Å². The third kappa shape index (κ3) is 4.91. The molecule has 1 atom stereocenters. The van der Waals surface area contributed by atoms with Crippen LogP contribution in [0.25, 0.3) is 21.1 Å². The van der Waals surface area contributed by atoms with Crippen LogP contribution in [0.5, 0.6) is 0 Å². The number of aliphatic hydroxyl groups is 1. The lowest BCUT2D eigenvalue weighted by atomic mass is 10.0. The van der Waals surface area contributed by atoms with Crippen LogP contribution in [0.1, 0.15) is 50.8 Å². The average Bonchev–Trinajstić information content (AvgIpc) is 3.31. The number of benzene rings is 2. The van der Waals surface area contributed by atoms with Crippen molar-refractivity contribution in [2.45, 2.75) is 50.8 Å². The Balaban J connectivity index is 1.44. The van der Waals surface area contributed by atoms with Crippen LogP contribution < -0.4 is 21.8 Å². The summed E-state index contributed by atoms with van der Waals surface area (Å²) < 4.78 is 1.08. The number of nitrogens with zero attached hydrogens (tertiary/aromatic N) is 3. The number of hydrogen-bond donors (Lipinski definition) is 5. The number of aromatic nitrogens is 2. The molecule has 0 unspecified atom stereocenters. The van der Waals surface area contributed by atoms with Crippen molar-refractivity contribution in [2.75, 3.05) is 17.4 Å². The number of rotatable bonds is 8. The van der Waals surface area contributed by atoms with Crippen LogP contribution >= 0.6 is 22.9 Å². The van der Waals surface area contributed by atoms with Crippen molar-refractivity contribution < 1.29 is 9.94 Å². The highest BCUT2D eigenvalue weighted by Crippen LogP contribution is 2.43. The van der Waals surface area contributed by atoms with Crippen LogP contribution in [0.3, 0.4) is 0 Å². The van der Waals surface area contributed by atoms with Gasteiger partial charge in [-0.1, -0.05) is 29.7 Å². The topological polar surface area (TPSA) is 107 Å². The largest absolute Gasteiger partial charge is 0.394 e. The number of anilines is 2. The normalized spacial score (nSPS) is 16.9. The summed E-state index contributed by atoms with van der Waals surface area (Å²) in [4.78, 5) is 14.9. The fourth-order valence-electron chi connectivity index (χ4n) is 4.74. The van der Waals surface area contributed by atoms with Crippen molar-refractivity contribution in [1.29, 1.82) is 0 Å². The molecule has 3 heterocycles. The van der Waals surface area contributed by atoms with Gasteiger partial charge in [0.15, 0.2) is 0 Å². The van der Waals surface area contributed by atoms with Gasteiger partial charge < -0.3 is 15.8 Å². The van der Waals surface area contributed by atoms with Gasteiger partial charge in [0.2, 0.25) is 0 Å². The monoisotopic (exact) mass is 575 g/mol. The minimum absolute atomic E-state index is 0.0746. The molecule has 0 radical (unpaired) electrons. The molecule has 206 valence electrons. The Hall–Kier alpha value is -3.59. The summed E-state index contributed by atoms with van der Waals surface area (Å²) in [5.74, 6) is 2.69. The Kier molecular flexibility index (Phi) is 6.73. The first-order valence-corrected chi connectivity index (χ1v) is 14.2. The van der Waals surface area contributed by atoms with E-state index in [1.165, 1.54) is 0 Å². The van der Waals surface area contributed by atoms with Crippen molar-refractivity contribution in [1.82, 2.24) is 25.9 Å². The third-order valence-electron chi connectivity index (χ3n) is 7.08. The zero-order chi connectivity index (χ0) is 28.1. The van der Waals surface area contributed by atoms with Crippen molar-refractivity contribution in [3.8, 4) is 12.3 Å². The molecule has 1 aliphatic heterocycles. The zero-order valence-corrected chi connectivity index (χ0v) is 24.0. The van der Waals surface area contributed by atoms with E-state index in [1.807, 2.05) is 61.8 Å². The number of nitrogens with one attached hydrogen (secondary N) is 4. The Morgan fingerprint density at radius 3 is 2.85 bits per heavy atom. The van der Waals surface area contributed by atoms with Crippen LogP contribution in [0, 0.1) is 12.3 Å². The number of terminal acetylenes is 1. The van der Waals surface area contributed by atoms with Crippen LogP contribution in [0.15, 0.2) is 53.9 Å². The van der Waals surface area contributed by atoms with Gasteiger partial charge >= 0.3 is 0 Å². The lowest BCUT2D eigenvalue weighted by Crippen LogP contribution is -2.46. The predicted octanol–water partition coefficient (Wildman–Crippen LogP) is 5.47. The SMILES string of the molecule is C#Cc1cnc2c(Cl)cc(N[C@H](C3=CN(C4(CO)CC4)NN3)c3cccc4ncsc34)cc2c1NOC(C)(C)C. The van der Waals surface area contributed by atoms with E-state index in [0.717, 1.165) is 45.4 Å². The first kappa shape index (κ1) is 26.6. The standard InChI is InChI=1S/C29H30ClN7O2S/c1-5-17-13-31-25-20(24(17)35-39-28(2,3)4)11-18(12-21(25)30)33-26(19-7-6-8-22-27(19)40-16-32-22)23-14-37(36-34-23)29(15-38)9-10-29/h1,6-8,11-14,16,26,33-34,36,38H,9-10,15H2,2-4H3,(H,31,35)/t26-/m0/s1. The molecule has 1 aliphatic carbocycles. The second-order valence-corrected chi connectivity index (χ2v) is 12.3. The molecule has 6 rings (SSSR count). The molecule has 9 nitrogen and oxygen atoms in total. The molecule has 4 aromatic rings. The van der Waals surface area contributed by atoms with Crippen molar-refractivity contribution in [3.05, 3.63) is 70.1 Å². The molecule has 11 heteroatoms. The van der Waals surface area contributed by atoms with E-state index in [4.69, 9.17) is 22.9 Å². The van der Waals surface area contributed by atoms with Crippen molar-refractivity contribution in [2.24, 2.45) is 0 Å². The number of hydrazine groups is 2. The molecule has 1 saturated carbocycles. The lowest BCUT2D eigenvalue weighted by Gasteiger charge is -2.24. The Bertz CT molecular complexity index is 1670. The second kappa shape index (κ2) is 10.1. The van der Waals surface area contributed by atoms with E-state index in [0.29, 0.717) is 21.8 Å². The minimum atomic E-state index is -0.452. The first-order chi connectivity index (χ1) is 19.2. The summed E-state index contributed by atoms with van der Waals surface area (Å²) in [6.07, 6.45) is 11.3. The van der Waals surface area contributed by atoms with Gasteiger partial charge in [-0.2, -0.15) is 0 Å². The number of fused-ring (bicyclic) bond motifs is 2. The van der Waals surface area contributed by atoms with Gasteiger partial charge in [-0.3, -0.25) is 20.3 Å². The minimum Gasteiger partial charge on any atom is -0.394 e. The maximum Gasteiger partial charge on any atom is 0.0958 e. The van der Waals surface area contributed by atoms with Gasteiger partial charge in [-0.15, -0.1) is 23.3 Å². The number of pyridine rings is 1. The van der Waals surface area contributed by atoms with Gasteiger partial charge in [-0.05, 0) is 57.4 Å². The molecule has 0 spiro atoms. The van der Waals surface area contributed by atoms with Gasteiger partial charge in [0.1, 0.15) is 0 Å². The molecular formula is C29H30ClN7O2S. The van der Waals surface area contributed by atoms with E-state index in [2.05, 4.69) is 43.7 Å². The summed E-state index contributed by atoms with van der Waals surface area (Å²) in [6.45, 7) is 5.92. The molecule has 2 aliphatic rings. The maximum absolute atomic E-state index is 9.99. The molecule has 40 heavy (non-hydrogen) atoms. The Morgan fingerprint density at radius 1 is 1.30 bits per heavy atom. The van der Waals surface area contributed by atoms with Crippen molar-refractivity contribution >= 4 is 55.4 Å². The van der Waals surface area contributed by atoms with Gasteiger partial charge in [0.25, 0.3) is 0 Å². The summed E-state index contributed by atoms with van der Waals surface area (Å²) >= 11 is 8.38.